The Balaban J connectivity index is 2.59. The highest BCUT2D eigenvalue weighted by molar-refractivity contribution is 7.84. The fourth-order valence-electron chi connectivity index (χ4n) is 1.25. The molecule has 0 aliphatic carbocycles. The molecule has 4 N–H and O–H groups in total. The van der Waals surface area contributed by atoms with Crippen LogP contribution >= 0.6 is 0 Å². The van der Waals surface area contributed by atoms with Crippen LogP contribution in [0.25, 0.3) is 0 Å². The molecule has 1 aromatic rings. The number of aromatic carboxylic acids is 1. The highest BCUT2D eigenvalue weighted by atomic mass is 32.2. The molecule has 0 aliphatic heterocycles. The highest BCUT2D eigenvalue weighted by Gasteiger charge is 2.09. The van der Waals surface area contributed by atoms with E-state index in [1.54, 1.807) is 0 Å². The summed E-state index contributed by atoms with van der Waals surface area (Å²) in [5.41, 5.74) is 0.0185. The summed E-state index contributed by atoms with van der Waals surface area (Å²) in [6.45, 7) is 0.239. The molecule has 0 fully saturated rings. The number of amides is 2. The molecule has 0 aromatic heterocycles. The first kappa shape index (κ1) is 15.0. The van der Waals surface area contributed by atoms with Crippen LogP contribution in [0, 0.1) is 0 Å². The zero-order valence-electron chi connectivity index (χ0n) is 10.2. The molecule has 1 atom stereocenters. The van der Waals surface area contributed by atoms with E-state index in [0.717, 1.165) is 6.07 Å². The van der Waals surface area contributed by atoms with Crippen LogP contribution in [-0.4, -0.2) is 45.0 Å². The number of carbonyl (C=O) groups excluding carboxylic acids is 1. The summed E-state index contributed by atoms with van der Waals surface area (Å²) in [4.78, 5) is 22.1. The maximum Gasteiger partial charge on any atom is 0.335 e. The Kier molecular flexibility index (Phi) is 5.31. The Labute approximate surface area is 112 Å². The minimum Gasteiger partial charge on any atom is -0.506 e. The second-order valence-corrected chi connectivity index (χ2v) is 5.25. The molecule has 1 aromatic carbocycles. The monoisotopic (exact) mass is 286 g/mol. The van der Waals surface area contributed by atoms with E-state index in [4.69, 9.17) is 5.11 Å². The third kappa shape index (κ3) is 4.96. The zero-order chi connectivity index (χ0) is 14.4. The van der Waals surface area contributed by atoms with E-state index in [-0.39, 0.29) is 23.5 Å². The Bertz CT molecular complexity index is 518. The van der Waals surface area contributed by atoms with Gasteiger partial charge in [-0.3, -0.25) is 4.21 Å². The Morgan fingerprint density at radius 2 is 2.05 bits per heavy atom. The highest BCUT2D eigenvalue weighted by Crippen LogP contribution is 2.24. The van der Waals surface area contributed by atoms with Crippen molar-refractivity contribution in [3.05, 3.63) is 23.8 Å². The van der Waals surface area contributed by atoms with Crippen LogP contribution in [0.2, 0.25) is 0 Å². The number of carboxylic acid groups (broad SMARTS) is 1. The van der Waals surface area contributed by atoms with Crippen molar-refractivity contribution in [1.82, 2.24) is 5.32 Å². The first-order valence-corrected chi connectivity index (χ1v) is 7.04. The van der Waals surface area contributed by atoms with E-state index in [1.807, 2.05) is 0 Å². The minimum absolute atomic E-state index is 0.0789. The van der Waals surface area contributed by atoms with Crippen molar-refractivity contribution >= 4 is 28.5 Å². The second-order valence-electron chi connectivity index (χ2n) is 3.70. The van der Waals surface area contributed by atoms with Crippen LogP contribution in [-0.2, 0) is 10.8 Å². The van der Waals surface area contributed by atoms with Crippen molar-refractivity contribution in [3.8, 4) is 5.75 Å². The minimum atomic E-state index is -1.17. The molecule has 1 unspecified atom stereocenters. The van der Waals surface area contributed by atoms with Crippen molar-refractivity contribution < 1.29 is 24.0 Å². The molecule has 7 nitrogen and oxygen atoms in total. The standard InChI is InChI=1S/C11H14N2O5S/c1-19(18)5-4-12-11(17)13-8-3-2-7(10(15)16)6-9(8)14/h2-3,6,14H,4-5H2,1H3,(H,15,16)(H2,12,13,17). The van der Waals surface area contributed by atoms with E-state index in [9.17, 15) is 18.9 Å². The number of hydrogen-bond acceptors (Lipinski definition) is 4. The Hall–Kier alpha value is -2.09. The van der Waals surface area contributed by atoms with Crippen molar-refractivity contribution in [2.24, 2.45) is 0 Å². The Morgan fingerprint density at radius 1 is 1.37 bits per heavy atom. The van der Waals surface area contributed by atoms with Crippen molar-refractivity contribution in [1.29, 1.82) is 0 Å². The second kappa shape index (κ2) is 6.74. The first-order valence-electron chi connectivity index (χ1n) is 5.31. The molecule has 2 amide bonds. The third-order valence-electron chi connectivity index (χ3n) is 2.17. The van der Waals surface area contributed by atoms with Gasteiger partial charge < -0.3 is 20.8 Å². The lowest BCUT2D eigenvalue weighted by molar-refractivity contribution is 0.0696. The number of hydrogen-bond donors (Lipinski definition) is 4. The molecule has 0 heterocycles. The number of nitrogens with one attached hydrogen (secondary N) is 2. The quantitative estimate of drug-likeness (QED) is 0.591. The molecule has 0 aliphatic rings. The molecule has 0 radical (unpaired) electrons. The lowest BCUT2D eigenvalue weighted by Crippen LogP contribution is -2.31. The van der Waals surface area contributed by atoms with E-state index < -0.39 is 22.8 Å². The number of aromatic hydroxyl groups is 1. The molecular weight excluding hydrogens is 272 g/mol. The van der Waals surface area contributed by atoms with Crippen LogP contribution in [0.5, 0.6) is 5.75 Å². The van der Waals surface area contributed by atoms with Gasteiger partial charge in [0.05, 0.1) is 11.3 Å². The van der Waals surface area contributed by atoms with E-state index >= 15 is 0 Å². The van der Waals surface area contributed by atoms with Crippen LogP contribution in [0.3, 0.4) is 0 Å². The van der Waals surface area contributed by atoms with Gasteiger partial charge in [-0.2, -0.15) is 0 Å². The van der Waals surface area contributed by atoms with Crippen molar-refractivity contribution in [3.63, 3.8) is 0 Å². The fraction of sp³-hybridized carbons (Fsp3) is 0.273. The number of benzene rings is 1. The summed E-state index contributed by atoms with van der Waals surface area (Å²) < 4.78 is 10.8. The van der Waals surface area contributed by atoms with Crippen LogP contribution in [0.15, 0.2) is 18.2 Å². The average Bonchev–Trinajstić information content (AvgIpc) is 2.31. The fourth-order valence-corrected chi connectivity index (χ4v) is 1.63. The number of phenolic OH excluding ortho intramolecular Hbond substituents is 1. The lowest BCUT2D eigenvalue weighted by atomic mass is 10.2. The van der Waals surface area contributed by atoms with Gasteiger partial charge in [-0.15, -0.1) is 0 Å². The number of rotatable bonds is 5. The maximum atomic E-state index is 11.4. The van der Waals surface area contributed by atoms with Gasteiger partial charge in [0.25, 0.3) is 0 Å². The van der Waals surface area contributed by atoms with Gasteiger partial charge in [0.2, 0.25) is 0 Å². The maximum absolute atomic E-state index is 11.4. The van der Waals surface area contributed by atoms with Crippen molar-refractivity contribution in [2.45, 2.75) is 0 Å². The largest absolute Gasteiger partial charge is 0.506 e. The van der Waals surface area contributed by atoms with Crippen LogP contribution < -0.4 is 10.6 Å². The van der Waals surface area contributed by atoms with Crippen LogP contribution in [0.4, 0.5) is 10.5 Å². The van der Waals surface area contributed by atoms with Gasteiger partial charge >= 0.3 is 12.0 Å². The summed E-state index contributed by atoms with van der Waals surface area (Å²) in [6, 6.07) is 3.03. The summed E-state index contributed by atoms with van der Waals surface area (Å²) >= 11 is 0. The molecule has 1 rings (SSSR count). The molecule has 0 saturated heterocycles. The molecule has 19 heavy (non-hydrogen) atoms. The smallest absolute Gasteiger partial charge is 0.335 e. The average molecular weight is 286 g/mol. The van der Waals surface area contributed by atoms with Crippen molar-refractivity contribution in [2.75, 3.05) is 23.9 Å². The number of urea groups is 1. The van der Waals surface area contributed by atoms with Gasteiger partial charge in [0.15, 0.2) is 0 Å². The number of carboxylic acids is 1. The lowest BCUT2D eigenvalue weighted by Gasteiger charge is -2.09. The van der Waals surface area contributed by atoms with Gasteiger partial charge in [-0.1, -0.05) is 0 Å². The normalized spacial score (nSPS) is 11.6. The molecule has 0 spiro atoms. The number of carbonyl (C=O) groups is 2. The summed E-state index contributed by atoms with van der Waals surface area (Å²) in [5, 5.41) is 23.1. The van der Waals surface area contributed by atoms with E-state index in [1.165, 1.54) is 18.4 Å². The van der Waals surface area contributed by atoms with E-state index in [2.05, 4.69) is 10.6 Å². The first-order chi connectivity index (χ1) is 8.90. The van der Waals surface area contributed by atoms with Crippen LogP contribution in [0.1, 0.15) is 10.4 Å². The molecule has 0 saturated carbocycles. The summed E-state index contributed by atoms with van der Waals surface area (Å²) in [7, 11) is -0.998. The third-order valence-corrected chi connectivity index (χ3v) is 2.95. The van der Waals surface area contributed by atoms with Gasteiger partial charge in [0, 0.05) is 29.4 Å². The van der Waals surface area contributed by atoms with E-state index in [0.29, 0.717) is 5.75 Å². The SMILES string of the molecule is CS(=O)CCNC(=O)Nc1ccc(C(=O)O)cc1O. The molecule has 0 bridgehead atoms. The summed E-state index contributed by atoms with van der Waals surface area (Å²) in [5.74, 6) is -1.18. The predicted octanol–water partition coefficient (Wildman–Crippen LogP) is 0.590. The zero-order valence-corrected chi connectivity index (χ0v) is 11.0. The van der Waals surface area contributed by atoms with Gasteiger partial charge in [0.1, 0.15) is 5.75 Å². The molecular formula is C11H14N2O5S. The molecule has 104 valence electrons. The Morgan fingerprint density at radius 3 is 2.58 bits per heavy atom. The van der Waals surface area contributed by atoms with Gasteiger partial charge in [-0.05, 0) is 18.2 Å². The molecule has 8 heteroatoms. The van der Waals surface area contributed by atoms with Gasteiger partial charge in [-0.25, -0.2) is 9.59 Å². The summed E-state index contributed by atoms with van der Waals surface area (Å²) in [6.07, 6.45) is 1.52. The number of anilines is 1. The topological polar surface area (TPSA) is 116 Å². The number of phenols is 1. The predicted molar refractivity (Wildman–Crippen MR) is 71.0 cm³/mol.